The van der Waals surface area contributed by atoms with Crippen molar-refractivity contribution in [1.82, 2.24) is 4.98 Å². The molecule has 23 heavy (non-hydrogen) atoms. The number of benzene rings is 1. The van der Waals surface area contributed by atoms with Gasteiger partial charge < -0.3 is 14.2 Å². The van der Waals surface area contributed by atoms with Crippen molar-refractivity contribution in [2.75, 3.05) is 13.2 Å². The zero-order chi connectivity index (χ0) is 16.4. The lowest BCUT2D eigenvalue weighted by Crippen LogP contribution is -2.06. The summed E-state index contributed by atoms with van der Waals surface area (Å²) in [5, 5.41) is 1.30. The smallest absolute Gasteiger partial charge is 0.338 e. The van der Waals surface area contributed by atoms with Gasteiger partial charge in [0.2, 0.25) is 0 Å². The van der Waals surface area contributed by atoms with E-state index in [0.717, 1.165) is 22.0 Å². The summed E-state index contributed by atoms with van der Waals surface area (Å²) < 4.78 is 16.5. The molecule has 2 aromatic rings. The van der Waals surface area contributed by atoms with Crippen LogP contribution in [0.5, 0.6) is 11.5 Å². The van der Waals surface area contributed by atoms with Crippen LogP contribution in [-0.4, -0.2) is 24.2 Å². The molecule has 0 bridgehead atoms. The Kier molecular flexibility index (Phi) is 4.73. The molecule has 0 aliphatic carbocycles. The molecule has 0 radical (unpaired) electrons. The monoisotopic (exact) mass is 353 g/mol. The number of hydrogen-bond donors (Lipinski definition) is 0. The maximum absolute atomic E-state index is 12.3. The van der Waals surface area contributed by atoms with Crippen molar-refractivity contribution in [3.8, 4) is 11.5 Å². The number of esters is 1. The van der Waals surface area contributed by atoms with Gasteiger partial charge in [-0.25, -0.2) is 9.78 Å². The fourth-order valence-corrected chi connectivity index (χ4v) is 3.39. The van der Waals surface area contributed by atoms with Crippen molar-refractivity contribution in [3.63, 3.8) is 0 Å². The molecule has 0 saturated heterocycles. The average molecular weight is 354 g/mol. The third kappa shape index (κ3) is 3.59. The van der Waals surface area contributed by atoms with E-state index >= 15 is 0 Å². The molecule has 0 N–H and O–H groups in total. The molecule has 1 aliphatic rings. The van der Waals surface area contributed by atoms with Crippen molar-refractivity contribution in [2.45, 2.75) is 26.9 Å². The summed E-state index contributed by atoms with van der Waals surface area (Å²) in [6.07, 6.45) is 0.773. The summed E-state index contributed by atoms with van der Waals surface area (Å²) in [6.45, 7) is 5.09. The second-order valence-corrected chi connectivity index (χ2v) is 6.85. The lowest BCUT2D eigenvalue weighted by molar-refractivity contribution is 0.0475. The maximum Gasteiger partial charge on any atom is 0.338 e. The number of halogens is 1. The van der Waals surface area contributed by atoms with Crippen LogP contribution < -0.4 is 9.47 Å². The van der Waals surface area contributed by atoms with Crippen LogP contribution in [0.15, 0.2) is 12.1 Å². The van der Waals surface area contributed by atoms with Crippen LogP contribution in [-0.2, 0) is 11.3 Å². The molecule has 1 aromatic carbocycles. The summed E-state index contributed by atoms with van der Waals surface area (Å²) in [4.78, 5) is 17.5. The molecule has 0 unspecified atom stereocenters. The molecule has 0 saturated carbocycles. The van der Waals surface area contributed by atoms with Crippen LogP contribution in [0.2, 0.25) is 5.02 Å². The van der Waals surface area contributed by atoms with Crippen LogP contribution in [0.25, 0.3) is 0 Å². The molecule has 122 valence electrons. The Balaban J connectivity index is 1.76. The molecular formula is C16H16ClNO4S. The highest BCUT2D eigenvalue weighted by molar-refractivity contribution is 7.11. The molecule has 3 rings (SSSR count). The Morgan fingerprint density at radius 3 is 2.87 bits per heavy atom. The predicted octanol–water partition coefficient (Wildman–Crippen LogP) is 3.93. The zero-order valence-electron chi connectivity index (χ0n) is 12.8. The molecular weight excluding hydrogens is 338 g/mol. The van der Waals surface area contributed by atoms with Crippen molar-refractivity contribution in [2.24, 2.45) is 0 Å². The van der Waals surface area contributed by atoms with Gasteiger partial charge in [0.1, 0.15) is 6.61 Å². The van der Waals surface area contributed by atoms with E-state index in [4.69, 9.17) is 25.8 Å². The second kappa shape index (κ2) is 6.76. The Morgan fingerprint density at radius 2 is 2.13 bits per heavy atom. The summed E-state index contributed by atoms with van der Waals surface area (Å²) in [5.74, 6) is 0.509. The fourth-order valence-electron chi connectivity index (χ4n) is 2.27. The standard InChI is InChI=1S/C16H16ClNO4S/c1-9-14(23-10(2)18-9)8-22-16(19)11-6-12(17)15-13(7-11)20-4-3-5-21-15/h6-7H,3-5,8H2,1-2H3. The van der Waals surface area contributed by atoms with Crippen LogP contribution in [0.3, 0.4) is 0 Å². The fraction of sp³-hybridized carbons (Fsp3) is 0.375. The molecule has 1 aliphatic heterocycles. The minimum Gasteiger partial charge on any atom is -0.489 e. The lowest BCUT2D eigenvalue weighted by Gasteiger charge is -2.11. The van der Waals surface area contributed by atoms with E-state index in [0.29, 0.717) is 35.3 Å². The lowest BCUT2D eigenvalue weighted by atomic mass is 10.2. The second-order valence-electron chi connectivity index (χ2n) is 5.15. The van der Waals surface area contributed by atoms with Gasteiger partial charge >= 0.3 is 5.97 Å². The van der Waals surface area contributed by atoms with E-state index in [1.165, 1.54) is 11.3 Å². The molecule has 5 nitrogen and oxygen atoms in total. The number of thiazole rings is 1. The molecule has 0 fully saturated rings. The summed E-state index contributed by atoms with van der Waals surface area (Å²) in [5.41, 5.74) is 1.23. The largest absolute Gasteiger partial charge is 0.489 e. The number of aryl methyl sites for hydroxylation is 2. The van der Waals surface area contributed by atoms with Crippen molar-refractivity contribution >= 4 is 28.9 Å². The highest BCUT2D eigenvalue weighted by Gasteiger charge is 2.19. The first kappa shape index (κ1) is 16.1. The van der Waals surface area contributed by atoms with E-state index in [-0.39, 0.29) is 6.61 Å². The molecule has 0 amide bonds. The first-order valence-electron chi connectivity index (χ1n) is 7.24. The third-order valence-electron chi connectivity index (χ3n) is 3.37. The van der Waals surface area contributed by atoms with E-state index in [1.54, 1.807) is 12.1 Å². The molecule has 1 aromatic heterocycles. The van der Waals surface area contributed by atoms with Gasteiger partial charge in [-0.1, -0.05) is 11.6 Å². The van der Waals surface area contributed by atoms with Gasteiger partial charge in [0, 0.05) is 6.42 Å². The zero-order valence-corrected chi connectivity index (χ0v) is 14.4. The SMILES string of the molecule is Cc1nc(C)c(COC(=O)c2cc(Cl)c3c(c2)OCCCO3)s1. The molecule has 7 heteroatoms. The van der Waals surface area contributed by atoms with Gasteiger partial charge in [-0.2, -0.15) is 0 Å². The number of ether oxygens (including phenoxy) is 3. The van der Waals surface area contributed by atoms with Gasteiger partial charge in [0.25, 0.3) is 0 Å². The van der Waals surface area contributed by atoms with E-state index in [9.17, 15) is 4.79 Å². The number of aromatic nitrogens is 1. The molecule has 2 heterocycles. The average Bonchev–Trinajstić information content (AvgIpc) is 2.72. The Labute approximate surface area is 143 Å². The Morgan fingerprint density at radius 1 is 1.35 bits per heavy atom. The molecule has 0 atom stereocenters. The van der Waals surface area contributed by atoms with E-state index in [2.05, 4.69) is 4.98 Å². The number of rotatable bonds is 3. The van der Waals surface area contributed by atoms with Gasteiger partial charge in [-0.05, 0) is 26.0 Å². The number of hydrogen-bond acceptors (Lipinski definition) is 6. The minimum atomic E-state index is -0.451. The van der Waals surface area contributed by atoms with Gasteiger partial charge in [-0.15, -0.1) is 11.3 Å². The number of nitrogens with zero attached hydrogens (tertiary/aromatic N) is 1. The highest BCUT2D eigenvalue weighted by Crippen LogP contribution is 2.38. The predicted molar refractivity (Wildman–Crippen MR) is 87.8 cm³/mol. The summed E-state index contributed by atoms with van der Waals surface area (Å²) in [7, 11) is 0. The van der Waals surface area contributed by atoms with Crippen LogP contribution in [0.1, 0.15) is 32.4 Å². The quantitative estimate of drug-likeness (QED) is 0.782. The van der Waals surface area contributed by atoms with Crippen molar-refractivity contribution in [1.29, 1.82) is 0 Å². The normalized spacial score (nSPS) is 13.5. The van der Waals surface area contributed by atoms with Crippen molar-refractivity contribution < 1.29 is 19.0 Å². The molecule has 0 spiro atoms. The van der Waals surface area contributed by atoms with Gasteiger partial charge in [-0.3, -0.25) is 0 Å². The summed E-state index contributed by atoms with van der Waals surface area (Å²) >= 11 is 7.71. The Hall–Kier alpha value is -1.79. The number of carbonyl (C=O) groups is 1. The highest BCUT2D eigenvalue weighted by atomic mass is 35.5. The first-order chi connectivity index (χ1) is 11.0. The first-order valence-corrected chi connectivity index (χ1v) is 8.43. The number of carbonyl (C=O) groups excluding carboxylic acids is 1. The minimum absolute atomic E-state index is 0.197. The third-order valence-corrected chi connectivity index (χ3v) is 4.70. The van der Waals surface area contributed by atoms with Crippen LogP contribution in [0, 0.1) is 13.8 Å². The maximum atomic E-state index is 12.3. The van der Waals surface area contributed by atoms with E-state index in [1.807, 2.05) is 13.8 Å². The summed E-state index contributed by atoms with van der Waals surface area (Å²) in [6, 6.07) is 3.15. The topological polar surface area (TPSA) is 57.7 Å². The van der Waals surface area contributed by atoms with Gasteiger partial charge in [0.15, 0.2) is 11.5 Å². The number of fused-ring (bicyclic) bond motifs is 1. The van der Waals surface area contributed by atoms with Crippen LogP contribution >= 0.6 is 22.9 Å². The van der Waals surface area contributed by atoms with Gasteiger partial charge in [0.05, 0.1) is 39.4 Å². The van der Waals surface area contributed by atoms with Crippen LogP contribution in [0.4, 0.5) is 0 Å². The van der Waals surface area contributed by atoms with Crippen molar-refractivity contribution in [3.05, 3.63) is 38.3 Å². The Bertz CT molecular complexity index is 744. The van der Waals surface area contributed by atoms with E-state index < -0.39 is 5.97 Å².